The molecule has 1 aromatic heterocycles. The highest BCUT2D eigenvalue weighted by Crippen LogP contribution is 1.99. The van der Waals surface area contributed by atoms with Crippen molar-refractivity contribution >= 4 is 0 Å². The summed E-state index contributed by atoms with van der Waals surface area (Å²) in [5.74, 6) is 0. The number of hydrogen-bond donors (Lipinski definition) is 2. The van der Waals surface area contributed by atoms with Gasteiger partial charge in [-0.15, -0.1) is 0 Å². The van der Waals surface area contributed by atoms with Crippen LogP contribution in [0.2, 0.25) is 0 Å². The fourth-order valence-corrected chi connectivity index (χ4v) is 1.25. The quantitative estimate of drug-likeness (QED) is 0.739. The Hall–Kier alpha value is -0.930. The zero-order chi connectivity index (χ0) is 10.4. The van der Waals surface area contributed by atoms with E-state index in [2.05, 4.69) is 23.3 Å². The minimum absolute atomic E-state index is 0.473. The Kier molecular flexibility index (Phi) is 4.56. The van der Waals surface area contributed by atoms with Gasteiger partial charge in [0.25, 0.3) is 0 Å². The average molecular weight is 193 g/mol. The largest absolute Gasteiger partial charge is 0.330 e. The fraction of sp³-hybridized carbons (Fsp3) is 0.545. The van der Waals surface area contributed by atoms with Crippen LogP contribution in [0.15, 0.2) is 18.3 Å². The number of aryl methyl sites for hydroxylation is 1. The minimum atomic E-state index is 0.473. The molecule has 1 rings (SSSR count). The van der Waals surface area contributed by atoms with Crippen LogP contribution in [0.3, 0.4) is 0 Å². The molecule has 78 valence electrons. The molecule has 0 saturated carbocycles. The number of aromatic nitrogens is 1. The van der Waals surface area contributed by atoms with E-state index in [0.29, 0.717) is 6.04 Å². The van der Waals surface area contributed by atoms with Gasteiger partial charge in [0.1, 0.15) is 0 Å². The van der Waals surface area contributed by atoms with Crippen molar-refractivity contribution < 1.29 is 0 Å². The first-order chi connectivity index (χ1) is 6.72. The lowest BCUT2D eigenvalue weighted by atomic mass is 10.2. The van der Waals surface area contributed by atoms with Crippen LogP contribution >= 0.6 is 0 Å². The van der Waals surface area contributed by atoms with Crippen molar-refractivity contribution in [3.63, 3.8) is 0 Å². The number of nitrogens with one attached hydrogen (secondary N) is 1. The van der Waals surface area contributed by atoms with E-state index in [-0.39, 0.29) is 0 Å². The molecule has 0 radical (unpaired) electrons. The van der Waals surface area contributed by atoms with E-state index in [4.69, 9.17) is 5.73 Å². The first kappa shape index (κ1) is 11.1. The zero-order valence-electron chi connectivity index (χ0n) is 8.96. The summed E-state index contributed by atoms with van der Waals surface area (Å²) >= 11 is 0. The van der Waals surface area contributed by atoms with E-state index in [1.807, 2.05) is 19.2 Å². The van der Waals surface area contributed by atoms with Gasteiger partial charge in [0.05, 0.1) is 0 Å². The maximum Gasteiger partial charge on any atom is 0.0372 e. The van der Waals surface area contributed by atoms with Crippen LogP contribution in [-0.2, 0) is 6.54 Å². The molecule has 0 fully saturated rings. The number of nitrogens with zero attached hydrogens (tertiary/aromatic N) is 1. The summed E-state index contributed by atoms with van der Waals surface area (Å²) < 4.78 is 0. The molecule has 0 aromatic carbocycles. The van der Waals surface area contributed by atoms with Crippen LogP contribution in [-0.4, -0.2) is 17.6 Å². The molecule has 0 aliphatic carbocycles. The van der Waals surface area contributed by atoms with Gasteiger partial charge in [0, 0.05) is 24.5 Å². The normalized spacial score (nSPS) is 12.8. The molecule has 1 aromatic rings. The summed E-state index contributed by atoms with van der Waals surface area (Å²) in [5, 5.41) is 3.40. The molecule has 0 bridgehead atoms. The molecule has 0 aliphatic rings. The molecule has 1 heterocycles. The lowest BCUT2D eigenvalue weighted by Gasteiger charge is -2.12. The van der Waals surface area contributed by atoms with Gasteiger partial charge in [-0.2, -0.15) is 0 Å². The van der Waals surface area contributed by atoms with Crippen LogP contribution in [0.1, 0.15) is 24.6 Å². The third-order valence-corrected chi connectivity index (χ3v) is 2.23. The van der Waals surface area contributed by atoms with E-state index >= 15 is 0 Å². The molecule has 3 heteroatoms. The van der Waals surface area contributed by atoms with Gasteiger partial charge in [-0.1, -0.05) is 6.07 Å². The summed E-state index contributed by atoms with van der Waals surface area (Å²) in [4.78, 5) is 4.24. The average Bonchev–Trinajstić information content (AvgIpc) is 2.17. The lowest BCUT2D eigenvalue weighted by molar-refractivity contribution is 0.519. The molecule has 0 amide bonds. The number of rotatable bonds is 5. The van der Waals surface area contributed by atoms with E-state index in [9.17, 15) is 0 Å². The first-order valence-corrected chi connectivity index (χ1v) is 5.07. The van der Waals surface area contributed by atoms with Gasteiger partial charge in [-0.3, -0.25) is 4.98 Å². The van der Waals surface area contributed by atoms with Gasteiger partial charge in [-0.25, -0.2) is 0 Å². The molecular weight excluding hydrogens is 174 g/mol. The summed E-state index contributed by atoms with van der Waals surface area (Å²) in [7, 11) is 0. The molecule has 0 aliphatic heterocycles. The van der Waals surface area contributed by atoms with Gasteiger partial charge in [-0.05, 0) is 38.4 Å². The Morgan fingerprint density at radius 3 is 2.86 bits per heavy atom. The van der Waals surface area contributed by atoms with Crippen molar-refractivity contribution in [1.29, 1.82) is 0 Å². The van der Waals surface area contributed by atoms with Crippen LogP contribution in [0, 0.1) is 6.92 Å². The number of nitrogens with two attached hydrogens (primary N) is 1. The molecule has 3 N–H and O–H groups in total. The van der Waals surface area contributed by atoms with Gasteiger partial charge in [0.2, 0.25) is 0 Å². The van der Waals surface area contributed by atoms with Gasteiger partial charge in [0.15, 0.2) is 0 Å². The molecule has 14 heavy (non-hydrogen) atoms. The third kappa shape index (κ3) is 3.85. The van der Waals surface area contributed by atoms with Crippen LogP contribution < -0.4 is 11.1 Å². The highest BCUT2D eigenvalue weighted by Gasteiger charge is 1.99. The predicted molar refractivity (Wildman–Crippen MR) is 58.9 cm³/mol. The lowest BCUT2D eigenvalue weighted by Crippen LogP contribution is -2.27. The third-order valence-electron chi connectivity index (χ3n) is 2.23. The van der Waals surface area contributed by atoms with E-state index in [1.165, 1.54) is 5.56 Å². The van der Waals surface area contributed by atoms with Crippen LogP contribution in [0.4, 0.5) is 0 Å². The number of hydrogen-bond acceptors (Lipinski definition) is 3. The Bertz CT molecular complexity index is 256. The van der Waals surface area contributed by atoms with Crippen LogP contribution in [0.5, 0.6) is 0 Å². The van der Waals surface area contributed by atoms with Crippen molar-refractivity contribution in [3.05, 3.63) is 29.6 Å². The fourth-order valence-electron chi connectivity index (χ4n) is 1.25. The van der Waals surface area contributed by atoms with Crippen molar-refractivity contribution in [3.8, 4) is 0 Å². The SMILES string of the molecule is Cc1ccc(CNC(C)CCN)cn1. The Balaban J connectivity index is 2.34. The standard InChI is InChI=1S/C11H19N3/c1-9-3-4-11(7-13-9)8-14-10(2)5-6-12/h3-4,7,10,14H,5-6,8,12H2,1-2H3. The Morgan fingerprint density at radius 1 is 1.50 bits per heavy atom. The van der Waals surface area contributed by atoms with Crippen LogP contribution in [0.25, 0.3) is 0 Å². The second kappa shape index (κ2) is 5.73. The molecule has 0 spiro atoms. The van der Waals surface area contributed by atoms with Crippen molar-refractivity contribution in [2.75, 3.05) is 6.54 Å². The smallest absolute Gasteiger partial charge is 0.0372 e. The van der Waals surface area contributed by atoms with Crippen molar-refractivity contribution in [2.24, 2.45) is 5.73 Å². The molecule has 1 atom stereocenters. The highest BCUT2D eigenvalue weighted by molar-refractivity contribution is 5.12. The summed E-state index contributed by atoms with van der Waals surface area (Å²) in [6, 6.07) is 4.61. The molecular formula is C11H19N3. The maximum atomic E-state index is 5.47. The Morgan fingerprint density at radius 2 is 2.29 bits per heavy atom. The van der Waals surface area contributed by atoms with E-state index in [1.54, 1.807) is 0 Å². The van der Waals surface area contributed by atoms with E-state index in [0.717, 1.165) is 25.2 Å². The van der Waals surface area contributed by atoms with Crippen molar-refractivity contribution in [2.45, 2.75) is 32.9 Å². The second-order valence-corrected chi connectivity index (χ2v) is 3.67. The summed E-state index contributed by atoms with van der Waals surface area (Å²) in [5.41, 5.74) is 7.75. The summed E-state index contributed by atoms with van der Waals surface area (Å²) in [6.07, 6.45) is 2.93. The second-order valence-electron chi connectivity index (χ2n) is 3.67. The van der Waals surface area contributed by atoms with Gasteiger partial charge >= 0.3 is 0 Å². The zero-order valence-corrected chi connectivity index (χ0v) is 8.96. The highest BCUT2D eigenvalue weighted by atomic mass is 14.9. The van der Waals surface area contributed by atoms with Crippen molar-refractivity contribution in [1.82, 2.24) is 10.3 Å². The topological polar surface area (TPSA) is 50.9 Å². The van der Waals surface area contributed by atoms with Gasteiger partial charge < -0.3 is 11.1 Å². The summed E-state index contributed by atoms with van der Waals surface area (Å²) in [6.45, 7) is 5.75. The first-order valence-electron chi connectivity index (χ1n) is 5.07. The Labute approximate surface area is 85.7 Å². The molecule has 3 nitrogen and oxygen atoms in total. The predicted octanol–water partition coefficient (Wildman–Crippen LogP) is 1.22. The molecule has 1 unspecified atom stereocenters. The maximum absolute atomic E-state index is 5.47. The van der Waals surface area contributed by atoms with E-state index < -0.39 is 0 Å². The number of pyridine rings is 1. The minimum Gasteiger partial charge on any atom is -0.330 e. The monoisotopic (exact) mass is 193 g/mol. The molecule has 0 saturated heterocycles.